The highest BCUT2D eigenvalue weighted by Gasteiger charge is 2.11. The van der Waals surface area contributed by atoms with Gasteiger partial charge in [0.25, 0.3) is 5.90 Å². The molecule has 0 aliphatic heterocycles. The molecule has 0 radical (unpaired) electrons. The van der Waals surface area contributed by atoms with Crippen LogP contribution in [0.25, 0.3) is 0 Å². The second kappa shape index (κ2) is 5.70. The van der Waals surface area contributed by atoms with Gasteiger partial charge < -0.3 is 9.47 Å². The molecule has 0 bridgehead atoms. The minimum atomic E-state index is -0.503. The fraction of sp³-hybridized carbons (Fsp3) is 0.714. The van der Waals surface area contributed by atoms with Gasteiger partial charge in [-0.2, -0.15) is 0 Å². The van der Waals surface area contributed by atoms with E-state index in [1.165, 1.54) is 7.05 Å². The zero-order valence-corrected chi connectivity index (χ0v) is 7.09. The van der Waals surface area contributed by atoms with Crippen LogP contribution in [-0.4, -0.2) is 32.1 Å². The summed E-state index contributed by atoms with van der Waals surface area (Å²) in [6, 6.07) is 0. The third kappa shape index (κ3) is 3.60. The summed E-state index contributed by atoms with van der Waals surface area (Å²) in [6.45, 7) is 4.28. The highest BCUT2D eigenvalue weighted by atomic mass is 16.6. The summed E-state index contributed by atoms with van der Waals surface area (Å²) in [6.07, 6.45) is 0. The fourth-order valence-electron chi connectivity index (χ4n) is 0.544. The molecular weight excluding hydrogens is 146 g/mol. The van der Waals surface area contributed by atoms with Gasteiger partial charge in [0.05, 0.1) is 13.2 Å². The predicted octanol–water partition coefficient (Wildman–Crippen LogP) is 0.614. The molecule has 0 aromatic rings. The van der Waals surface area contributed by atoms with Crippen molar-refractivity contribution in [1.29, 1.82) is 0 Å². The maximum atomic E-state index is 10.9. The fourth-order valence-corrected chi connectivity index (χ4v) is 0.544. The standard InChI is InChI=1S/C7H13NO3/c1-4-10-6(8-3)7(9)11-5-2/h4-5H2,1-3H3. The third-order valence-corrected chi connectivity index (χ3v) is 0.934. The summed E-state index contributed by atoms with van der Waals surface area (Å²) < 4.78 is 9.53. The molecule has 0 aliphatic rings. The Morgan fingerprint density at radius 1 is 1.27 bits per heavy atom. The van der Waals surface area contributed by atoms with Crippen LogP contribution in [0.15, 0.2) is 4.99 Å². The van der Waals surface area contributed by atoms with Crippen molar-refractivity contribution in [2.75, 3.05) is 20.3 Å². The van der Waals surface area contributed by atoms with Gasteiger partial charge in [-0.1, -0.05) is 0 Å². The Kier molecular flexibility index (Phi) is 5.15. The van der Waals surface area contributed by atoms with E-state index in [9.17, 15) is 4.79 Å². The van der Waals surface area contributed by atoms with E-state index in [1.807, 2.05) is 0 Å². The zero-order valence-electron chi connectivity index (χ0n) is 7.09. The van der Waals surface area contributed by atoms with E-state index >= 15 is 0 Å². The number of carbonyl (C=O) groups is 1. The van der Waals surface area contributed by atoms with Gasteiger partial charge in [-0.05, 0) is 13.8 Å². The first kappa shape index (κ1) is 9.94. The molecule has 4 heteroatoms. The van der Waals surface area contributed by atoms with Crippen molar-refractivity contribution in [3.8, 4) is 0 Å². The third-order valence-electron chi connectivity index (χ3n) is 0.934. The first-order chi connectivity index (χ1) is 5.26. The minimum absolute atomic E-state index is 0.0364. The number of rotatable bonds is 2. The molecule has 0 amide bonds. The summed E-state index contributed by atoms with van der Waals surface area (Å²) in [5, 5.41) is 0. The Labute approximate surface area is 66.2 Å². The molecule has 4 nitrogen and oxygen atoms in total. The van der Waals surface area contributed by atoms with E-state index in [0.717, 1.165) is 0 Å². The number of ether oxygens (including phenoxy) is 2. The van der Waals surface area contributed by atoms with Gasteiger partial charge in [0.1, 0.15) is 0 Å². The van der Waals surface area contributed by atoms with Gasteiger partial charge >= 0.3 is 5.97 Å². The van der Waals surface area contributed by atoms with E-state index in [1.54, 1.807) is 13.8 Å². The molecule has 0 N–H and O–H groups in total. The number of nitrogens with zero attached hydrogens (tertiary/aromatic N) is 1. The Hall–Kier alpha value is -1.06. The Morgan fingerprint density at radius 3 is 2.18 bits per heavy atom. The normalized spacial score (nSPS) is 11.0. The van der Waals surface area contributed by atoms with Crippen LogP contribution in [0.4, 0.5) is 0 Å². The topological polar surface area (TPSA) is 47.9 Å². The monoisotopic (exact) mass is 159 g/mol. The van der Waals surface area contributed by atoms with Crippen LogP contribution in [0, 0.1) is 0 Å². The molecule has 0 saturated carbocycles. The number of carbonyl (C=O) groups excluding carboxylic acids is 1. The molecule has 11 heavy (non-hydrogen) atoms. The maximum Gasteiger partial charge on any atom is 0.393 e. The van der Waals surface area contributed by atoms with Crippen molar-refractivity contribution in [3.63, 3.8) is 0 Å². The summed E-state index contributed by atoms with van der Waals surface area (Å²) in [5.41, 5.74) is 0. The van der Waals surface area contributed by atoms with E-state index in [4.69, 9.17) is 4.74 Å². The smallest absolute Gasteiger partial charge is 0.393 e. The molecule has 0 aliphatic carbocycles. The van der Waals surface area contributed by atoms with E-state index in [2.05, 4.69) is 9.73 Å². The van der Waals surface area contributed by atoms with Crippen molar-refractivity contribution in [2.45, 2.75) is 13.8 Å². The zero-order chi connectivity index (χ0) is 8.69. The lowest BCUT2D eigenvalue weighted by atomic mass is 10.6. The second-order valence-corrected chi connectivity index (χ2v) is 1.68. The average Bonchev–Trinajstić information content (AvgIpc) is 2.00. The van der Waals surface area contributed by atoms with Crippen molar-refractivity contribution in [1.82, 2.24) is 0 Å². The van der Waals surface area contributed by atoms with Crippen molar-refractivity contribution in [3.05, 3.63) is 0 Å². The van der Waals surface area contributed by atoms with E-state index < -0.39 is 5.97 Å². The molecule has 0 aromatic carbocycles. The molecule has 0 spiro atoms. The first-order valence-corrected chi connectivity index (χ1v) is 3.52. The highest BCUT2D eigenvalue weighted by Crippen LogP contribution is 1.87. The second-order valence-electron chi connectivity index (χ2n) is 1.68. The predicted molar refractivity (Wildman–Crippen MR) is 41.6 cm³/mol. The van der Waals surface area contributed by atoms with Gasteiger partial charge in [0, 0.05) is 7.05 Å². The van der Waals surface area contributed by atoms with E-state index in [-0.39, 0.29) is 5.90 Å². The summed E-state index contributed by atoms with van der Waals surface area (Å²) in [5.74, 6) is -0.466. The summed E-state index contributed by atoms with van der Waals surface area (Å²) >= 11 is 0. The minimum Gasteiger partial charge on any atom is -0.473 e. The van der Waals surface area contributed by atoms with Gasteiger partial charge in [-0.3, -0.25) is 0 Å². The molecule has 0 unspecified atom stereocenters. The van der Waals surface area contributed by atoms with Crippen LogP contribution in [0.1, 0.15) is 13.8 Å². The van der Waals surface area contributed by atoms with Crippen LogP contribution in [0.3, 0.4) is 0 Å². The Morgan fingerprint density at radius 2 is 1.82 bits per heavy atom. The van der Waals surface area contributed by atoms with Crippen LogP contribution >= 0.6 is 0 Å². The molecule has 0 heterocycles. The molecular formula is C7H13NO3. The van der Waals surface area contributed by atoms with Crippen molar-refractivity contribution < 1.29 is 14.3 Å². The van der Waals surface area contributed by atoms with Crippen molar-refractivity contribution >= 4 is 11.9 Å². The van der Waals surface area contributed by atoms with Crippen molar-refractivity contribution in [2.24, 2.45) is 4.99 Å². The van der Waals surface area contributed by atoms with Crippen LogP contribution in [0.5, 0.6) is 0 Å². The van der Waals surface area contributed by atoms with Gasteiger partial charge in [-0.25, -0.2) is 9.79 Å². The van der Waals surface area contributed by atoms with Gasteiger partial charge in [0.2, 0.25) is 0 Å². The molecule has 64 valence electrons. The molecule has 0 atom stereocenters. The number of hydrogen-bond acceptors (Lipinski definition) is 4. The highest BCUT2D eigenvalue weighted by molar-refractivity contribution is 6.32. The van der Waals surface area contributed by atoms with E-state index in [0.29, 0.717) is 13.2 Å². The Balaban J connectivity index is 3.94. The average molecular weight is 159 g/mol. The summed E-state index contributed by atoms with van der Waals surface area (Å²) in [4.78, 5) is 14.5. The lowest BCUT2D eigenvalue weighted by Crippen LogP contribution is -2.20. The van der Waals surface area contributed by atoms with Gasteiger partial charge in [-0.15, -0.1) is 0 Å². The number of hydrogen-bond donors (Lipinski definition) is 0. The summed E-state index contributed by atoms with van der Waals surface area (Å²) in [7, 11) is 1.49. The lowest BCUT2D eigenvalue weighted by Gasteiger charge is -2.04. The van der Waals surface area contributed by atoms with Crippen LogP contribution in [-0.2, 0) is 14.3 Å². The molecule has 0 rings (SSSR count). The maximum absolute atomic E-state index is 10.9. The largest absolute Gasteiger partial charge is 0.473 e. The van der Waals surface area contributed by atoms with Gasteiger partial charge in [0.15, 0.2) is 0 Å². The quantitative estimate of drug-likeness (QED) is 0.337. The molecule has 0 saturated heterocycles. The molecule has 0 fully saturated rings. The number of esters is 1. The Bertz CT molecular complexity index is 154. The SMILES string of the molecule is CCOC(=O)C(=NC)OCC. The van der Waals surface area contributed by atoms with Crippen LogP contribution in [0.2, 0.25) is 0 Å². The lowest BCUT2D eigenvalue weighted by molar-refractivity contribution is -0.136. The first-order valence-electron chi connectivity index (χ1n) is 3.52. The molecule has 0 aromatic heterocycles. The van der Waals surface area contributed by atoms with Crippen LogP contribution < -0.4 is 0 Å². The number of aliphatic imine (C=N–C) groups is 1.